The Morgan fingerprint density at radius 1 is 1.26 bits per heavy atom. The van der Waals surface area contributed by atoms with Crippen LogP contribution in [0.15, 0.2) is 40.4 Å². The van der Waals surface area contributed by atoms with E-state index in [4.69, 9.17) is 16.1 Å². The molecule has 3 aromatic heterocycles. The second-order valence-corrected chi connectivity index (χ2v) is 9.61. The molecule has 9 heteroatoms. The lowest BCUT2D eigenvalue weighted by atomic mass is 9.96. The Morgan fingerprint density at radius 2 is 2.06 bits per heavy atom. The Balaban J connectivity index is 1.30. The maximum atomic E-state index is 12.7. The monoisotopic (exact) mass is 455 g/mol. The number of halogens is 1. The van der Waals surface area contributed by atoms with E-state index >= 15 is 0 Å². The van der Waals surface area contributed by atoms with E-state index in [1.807, 2.05) is 33.3 Å². The van der Waals surface area contributed by atoms with Gasteiger partial charge in [0.15, 0.2) is 0 Å². The van der Waals surface area contributed by atoms with Gasteiger partial charge in [0.25, 0.3) is 5.91 Å². The minimum Gasteiger partial charge on any atom is -0.339 e. The summed E-state index contributed by atoms with van der Waals surface area (Å²) in [6, 6.07) is 8.14. The summed E-state index contributed by atoms with van der Waals surface area (Å²) in [6.07, 6.45) is 3.45. The average Bonchev–Trinajstić information content (AvgIpc) is 3.52. The molecule has 0 bridgehead atoms. The van der Waals surface area contributed by atoms with Gasteiger partial charge in [-0.25, -0.2) is 0 Å². The molecule has 1 aromatic carbocycles. The van der Waals surface area contributed by atoms with Crippen molar-refractivity contribution in [3.63, 3.8) is 0 Å². The number of benzene rings is 1. The molecule has 0 spiro atoms. The summed E-state index contributed by atoms with van der Waals surface area (Å²) < 4.78 is 8.15. The number of thiophene rings is 1. The lowest BCUT2D eigenvalue weighted by Gasteiger charge is -2.30. The number of likely N-dealkylation sites (tertiary alicyclic amines) is 1. The van der Waals surface area contributed by atoms with Crippen molar-refractivity contribution in [3.05, 3.63) is 51.6 Å². The SMILES string of the molecule is CC(C)n1ncc2ccc(-c3noc(C4CCN(C(=O)c5ccsc5Cl)CC4)n3)cc21. The highest BCUT2D eigenvalue weighted by Crippen LogP contribution is 2.31. The number of hydrogen-bond donors (Lipinski definition) is 0. The van der Waals surface area contributed by atoms with Crippen LogP contribution in [0.4, 0.5) is 0 Å². The Labute approximate surface area is 188 Å². The van der Waals surface area contributed by atoms with Gasteiger partial charge in [0.1, 0.15) is 4.34 Å². The molecule has 0 N–H and O–H groups in total. The first kappa shape index (κ1) is 20.2. The Morgan fingerprint density at radius 3 is 2.77 bits per heavy atom. The average molecular weight is 456 g/mol. The molecule has 0 atom stereocenters. The van der Waals surface area contributed by atoms with E-state index in [9.17, 15) is 4.79 Å². The number of nitrogens with zero attached hydrogens (tertiary/aromatic N) is 5. The highest BCUT2D eigenvalue weighted by Gasteiger charge is 2.29. The second kappa shape index (κ2) is 8.09. The van der Waals surface area contributed by atoms with E-state index < -0.39 is 0 Å². The highest BCUT2D eigenvalue weighted by atomic mass is 35.5. The largest absolute Gasteiger partial charge is 0.339 e. The minimum atomic E-state index is -0.00835. The molecule has 160 valence electrons. The van der Waals surface area contributed by atoms with Gasteiger partial charge in [-0.3, -0.25) is 9.48 Å². The van der Waals surface area contributed by atoms with E-state index in [1.54, 1.807) is 6.07 Å². The second-order valence-electron chi connectivity index (χ2n) is 8.09. The van der Waals surface area contributed by atoms with Gasteiger partial charge < -0.3 is 9.42 Å². The zero-order chi connectivity index (χ0) is 21.5. The number of carbonyl (C=O) groups is 1. The molecular formula is C22H22ClN5O2S. The minimum absolute atomic E-state index is 0.00835. The number of fused-ring (bicyclic) bond motifs is 1. The van der Waals surface area contributed by atoms with Crippen LogP contribution in [0.2, 0.25) is 4.34 Å². The van der Waals surface area contributed by atoms with Gasteiger partial charge in [0.05, 0.1) is 17.3 Å². The van der Waals surface area contributed by atoms with E-state index in [-0.39, 0.29) is 17.9 Å². The zero-order valence-electron chi connectivity index (χ0n) is 17.3. The fourth-order valence-corrected chi connectivity index (χ4v) is 4.96. The van der Waals surface area contributed by atoms with Crippen LogP contribution in [0, 0.1) is 0 Å². The summed E-state index contributed by atoms with van der Waals surface area (Å²) in [5.41, 5.74) is 2.54. The smallest absolute Gasteiger partial charge is 0.256 e. The molecule has 1 aliphatic heterocycles. The van der Waals surface area contributed by atoms with Crippen LogP contribution in [0.5, 0.6) is 0 Å². The quantitative estimate of drug-likeness (QED) is 0.411. The third-order valence-electron chi connectivity index (χ3n) is 5.77. The number of amides is 1. The number of piperidine rings is 1. The van der Waals surface area contributed by atoms with Gasteiger partial charge in [-0.2, -0.15) is 10.1 Å². The first-order chi connectivity index (χ1) is 15.0. The van der Waals surface area contributed by atoms with Gasteiger partial charge in [-0.05, 0) is 44.2 Å². The van der Waals surface area contributed by atoms with Crippen molar-refractivity contribution >= 4 is 39.7 Å². The molecule has 0 radical (unpaired) electrons. The predicted molar refractivity (Wildman–Crippen MR) is 121 cm³/mol. The molecule has 1 fully saturated rings. The number of hydrogen-bond acceptors (Lipinski definition) is 6. The summed E-state index contributed by atoms with van der Waals surface area (Å²) in [6.45, 7) is 5.50. The summed E-state index contributed by atoms with van der Waals surface area (Å²) in [7, 11) is 0. The lowest BCUT2D eigenvalue weighted by molar-refractivity contribution is 0.0705. The first-order valence-corrected chi connectivity index (χ1v) is 11.6. The topological polar surface area (TPSA) is 77.0 Å². The van der Waals surface area contributed by atoms with Crippen LogP contribution < -0.4 is 0 Å². The predicted octanol–water partition coefficient (Wildman–Crippen LogP) is 5.40. The molecule has 5 rings (SSSR count). The van der Waals surface area contributed by atoms with Gasteiger partial charge in [0, 0.05) is 36.0 Å². The normalized spacial score (nSPS) is 15.3. The molecule has 1 amide bonds. The Bertz CT molecular complexity index is 1240. The molecule has 4 aromatic rings. The molecule has 0 saturated carbocycles. The van der Waals surface area contributed by atoms with Crippen LogP contribution >= 0.6 is 22.9 Å². The number of aromatic nitrogens is 4. The van der Waals surface area contributed by atoms with Crippen molar-refractivity contribution in [3.8, 4) is 11.4 Å². The van der Waals surface area contributed by atoms with Crippen molar-refractivity contribution in [2.75, 3.05) is 13.1 Å². The molecule has 7 nitrogen and oxygen atoms in total. The van der Waals surface area contributed by atoms with E-state index in [0.717, 1.165) is 29.3 Å². The Kier molecular flexibility index (Phi) is 5.27. The number of carbonyl (C=O) groups excluding carboxylic acids is 1. The molecule has 4 heterocycles. The summed E-state index contributed by atoms with van der Waals surface area (Å²) in [4.78, 5) is 19.2. The fraction of sp³-hybridized carbons (Fsp3) is 0.364. The van der Waals surface area contributed by atoms with Crippen LogP contribution in [-0.2, 0) is 0 Å². The van der Waals surface area contributed by atoms with Crippen molar-refractivity contribution < 1.29 is 9.32 Å². The van der Waals surface area contributed by atoms with Crippen molar-refractivity contribution in [2.45, 2.75) is 38.6 Å². The van der Waals surface area contributed by atoms with Crippen molar-refractivity contribution in [1.29, 1.82) is 0 Å². The maximum Gasteiger partial charge on any atom is 0.256 e. The Hall–Kier alpha value is -2.71. The van der Waals surface area contributed by atoms with Gasteiger partial charge in [-0.15, -0.1) is 11.3 Å². The van der Waals surface area contributed by atoms with E-state index in [2.05, 4.69) is 35.2 Å². The van der Waals surface area contributed by atoms with Gasteiger partial charge in [-0.1, -0.05) is 28.9 Å². The van der Waals surface area contributed by atoms with Crippen molar-refractivity contribution in [1.82, 2.24) is 24.8 Å². The summed E-state index contributed by atoms with van der Waals surface area (Å²) in [5, 5.41) is 11.6. The van der Waals surface area contributed by atoms with Crippen LogP contribution in [0.3, 0.4) is 0 Å². The molecule has 1 saturated heterocycles. The first-order valence-electron chi connectivity index (χ1n) is 10.3. The van der Waals surface area contributed by atoms with Crippen LogP contribution in [-0.4, -0.2) is 43.8 Å². The highest BCUT2D eigenvalue weighted by molar-refractivity contribution is 7.14. The van der Waals surface area contributed by atoms with Crippen LogP contribution in [0.1, 0.15) is 54.9 Å². The third kappa shape index (κ3) is 3.74. The van der Waals surface area contributed by atoms with E-state index in [1.165, 1.54) is 11.3 Å². The van der Waals surface area contributed by atoms with Crippen molar-refractivity contribution in [2.24, 2.45) is 0 Å². The molecule has 0 unspecified atom stereocenters. The summed E-state index contributed by atoms with van der Waals surface area (Å²) >= 11 is 7.51. The standard InChI is InChI=1S/C22H22ClN5O2S/c1-13(2)28-18-11-15(3-4-16(18)12-24-28)20-25-21(30-26-20)14-5-8-27(9-6-14)22(29)17-7-10-31-19(17)23/h3-4,7,10-14H,5-6,8-9H2,1-2H3. The molecular weight excluding hydrogens is 434 g/mol. The molecule has 31 heavy (non-hydrogen) atoms. The summed E-state index contributed by atoms with van der Waals surface area (Å²) in [5.74, 6) is 1.35. The van der Waals surface area contributed by atoms with Crippen LogP contribution in [0.25, 0.3) is 22.3 Å². The molecule has 1 aliphatic rings. The zero-order valence-corrected chi connectivity index (χ0v) is 18.9. The lowest BCUT2D eigenvalue weighted by Crippen LogP contribution is -2.37. The molecule has 0 aliphatic carbocycles. The van der Waals surface area contributed by atoms with Gasteiger partial charge >= 0.3 is 0 Å². The van der Waals surface area contributed by atoms with Gasteiger partial charge in [0.2, 0.25) is 11.7 Å². The third-order valence-corrected chi connectivity index (χ3v) is 6.94. The maximum absolute atomic E-state index is 12.7. The fourth-order valence-electron chi connectivity index (χ4n) is 4.05. The number of rotatable bonds is 4. The van der Waals surface area contributed by atoms with E-state index in [0.29, 0.717) is 34.7 Å².